The molecule has 0 radical (unpaired) electrons. The highest BCUT2D eigenvalue weighted by Gasteiger charge is 2.10. The van der Waals surface area contributed by atoms with Gasteiger partial charge in [0.25, 0.3) is 0 Å². The number of nitrogens with one attached hydrogen (secondary N) is 2. The van der Waals surface area contributed by atoms with Crippen LogP contribution < -0.4 is 21.1 Å². The topological polar surface area (TPSA) is 116 Å². The quantitative estimate of drug-likeness (QED) is 0.348. The summed E-state index contributed by atoms with van der Waals surface area (Å²) in [5, 5.41) is 9.98. The van der Waals surface area contributed by atoms with Gasteiger partial charge >= 0.3 is 11.7 Å². The second kappa shape index (κ2) is 10.2. The van der Waals surface area contributed by atoms with Gasteiger partial charge in [-0.1, -0.05) is 18.2 Å². The zero-order valence-electron chi connectivity index (χ0n) is 19.5. The fourth-order valence-electron chi connectivity index (χ4n) is 3.76. The smallest absolute Gasteiger partial charge is 0.350 e. The van der Waals surface area contributed by atoms with Gasteiger partial charge in [-0.3, -0.25) is 4.40 Å². The van der Waals surface area contributed by atoms with Crippen LogP contribution in [0, 0.1) is 0 Å². The van der Waals surface area contributed by atoms with E-state index in [-0.39, 0.29) is 11.7 Å². The second-order valence-corrected chi connectivity index (χ2v) is 8.07. The number of anilines is 1. The summed E-state index contributed by atoms with van der Waals surface area (Å²) < 4.78 is 13.6. The molecular formula is C26H24N6O4. The van der Waals surface area contributed by atoms with Gasteiger partial charge in [-0.15, -0.1) is 5.10 Å². The standard InChI is InChI=1S/C26H24N6O4/c1-35-22-10-8-19(9-11-22)24-28-21(17-36-24)12-13-27-25(33)29-20-6-4-5-18(15-20)16-32-26(34)31-14-3-2-7-23(31)30-32/h2-11,14-15,17H,12-13,16H2,1H3,(H2,27,29,33). The number of aromatic nitrogens is 4. The van der Waals surface area contributed by atoms with Gasteiger partial charge in [0, 0.05) is 30.4 Å². The Bertz CT molecular complexity index is 1550. The van der Waals surface area contributed by atoms with Gasteiger partial charge in [0.15, 0.2) is 5.65 Å². The lowest BCUT2D eigenvalue weighted by Crippen LogP contribution is -2.30. The minimum Gasteiger partial charge on any atom is -0.497 e. The molecule has 36 heavy (non-hydrogen) atoms. The number of amides is 2. The monoisotopic (exact) mass is 484 g/mol. The molecule has 5 rings (SSSR count). The Morgan fingerprint density at radius 2 is 1.94 bits per heavy atom. The van der Waals surface area contributed by atoms with Crippen molar-refractivity contribution in [2.75, 3.05) is 19.0 Å². The Morgan fingerprint density at radius 1 is 1.08 bits per heavy atom. The number of carbonyl (C=O) groups excluding carboxylic acids is 1. The molecule has 10 nitrogen and oxygen atoms in total. The molecule has 0 spiro atoms. The third-order valence-electron chi connectivity index (χ3n) is 5.56. The van der Waals surface area contributed by atoms with Crippen LogP contribution in [0.4, 0.5) is 10.5 Å². The normalized spacial score (nSPS) is 10.9. The van der Waals surface area contributed by atoms with E-state index in [4.69, 9.17) is 9.15 Å². The van der Waals surface area contributed by atoms with Gasteiger partial charge in [-0.25, -0.2) is 19.3 Å². The summed E-state index contributed by atoms with van der Waals surface area (Å²) >= 11 is 0. The fourth-order valence-corrected chi connectivity index (χ4v) is 3.76. The van der Waals surface area contributed by atoms with Gasteiger partial charge < -0.3 is 19.8 Å². The van der Waals surface area contributed by atoms with E-state index in [1.54, 1.807) is 37.8 Å². The number of fused-ring (bicyclic) bond motifs is 1. The summed E-state index contributed by atoms with van der Waals surface area (Å²) in [5.74, 6) is 1.27. The first kappa shape index (κ1) is 22.9. The Hall–Kier alpha value is -4.86. The number of urea groups is 1. The average Bonchev–Trinajstić information content (AvgIpc) is 3.49. The zero-order valence-corrected chi connectivity index (χ0v) is 19.5. The third-order valence-corrected chi connectivity index (χ3v) is 5.56. The molecule has 3 aromatic heterocycles. The van der Waals surface area contributed by atoms with E-state index in [2.05, 4.69) is 20.7 Å². The minimum atomic E-state index is -0.337. The summed E-state index contributed by atoms with van der Waals surface area (Å²) in [7, 11) is 1.61. The molecule has 0 fully saturated rings. The lowest BCUT2D eigenvalue weighted by atomic mass is 10.2. The Balaban J connectivity index is 1.14. The number of hydrogen-bond donors (Lipinski definition) is 2. The van der Waals surface area contributed by atoms with Crippen LogP contribution in [-0.4, -0.2) is 38.9 Å². The average molecular weight is 485 g/mol. The van der Waals surface area contributed by atoms with Crippen molar-refractivity contribution in [3.8, 4) is 17.2 Å². The maximum absolute atomic E-state index is 12.5. The highest BCUT2D eigenvalue weighted by molar-refractivity contribution is 5.89. The zero-order chi connectivity index (χ0) is 24.9. The molecule has 3 heterocycles. The number of benzene rings is 2. The fraction of sp³-hybridized carbons (Fsp3) is 0.154. The van der Waals surface area contributed by atoms with E-state index in [1.165, 1.54) is 9.08 Å². The largest absolute Gasteiger partial charge is 0.497 e. The Kier molecular flexibility index (Phi) is 6.48. The molecule has 0 saturated heterocycles. The first-order valence-corrected chi connectivity index (χ1v) is 11.4. The predicted molar refractivity (Wildman–Crippen MR) is 134 cm³/mol. The Morgan fingerprint density at radius 3 is 2.75 bits per heavy atom. The van der Waals surface area contributed by atoms with Crippen molar-refractivity contribution in [2.45, 2.75) is 13.0 Å². The molecule has 5 aromatic rings. The molecule has 2 aromatic carbocycles. The first-order valence-electron chi connectivity index (χ1n) is 11.4. The number of methoxy groups -OCH3 is 1. The van der Waals surface area contributed by atoms with Crippen LogP contribution in [0.2, 0.25) is 0 Å². The van der Waals surface area contributed by atoms with E-state index in [1.807, 2.05) is 48.5 Å². The van der Waals surface area contributed by atoms with Crippen molar-refractivity contribution in [3.63, 3.8) is 0 Å². The molecule has 0 aliphatic carbocycles. The summed E-state index contributed by atoms with van der Waals surface area (Å²) in [6.45, 7) is 0.678. The van der Waals surface area contributed by atoms with Crippen molar-refractivity contribution >= 4 is 17.4 Å². The van der Waals surface area contributed by atoms with E-state index < -0.39 is 0 Å². The highest BCUT2D eigenvalue weighted by atomic mass is 16.5. The molecular weight excluding hydrogens is 460 g/mol. The second-order valence-electron chi connectivity index (χ2n) is 8.07. The van der Waals surface area contributed by atoms with E-state index in [0.29, 0.717) is 36.7 Å². The molecule has 0 saturated carbocycles. The van der Waals surface area contributed by atoms with Gasteiger partial charge in [0.05, 0.1) is 19.3 Å². The van der Waals surface area contributed by atoms with Crippen LogP contribution in [0.3, 0.4) is 0 Å². The molecule has 0 aliphatic rings. The van der Waals surface area contributed by atoms with Crippen molar-refractivity contribution in [2.24, 2.45) is 0 Å². The summed E-state index contributed by atoms with van der Waals surface area (Å²) in [6, 6.07) is 19.8. The first-order chi connectivity index (χ1) is 17.6. The number of nitrogens with zero attached hydrogens (tertiary/aromatic N) is 4. The summed E-state index contributed by atoms with van der Waals surface area (Å²) in [4.78, 5) is 29.4. The third kappa shape index (κ3) is 5.12. The number of hydrogen-bond acceptors (Lipinski definition) is 6. The van der Waals surface area contributed by atoms with Crippen LogP contribution in [0.25, 0.3) is 17.1 Å². The summed E-state index contributed by atoms with van der Waals surface area (Å²) in [6.07, 6.45) is 3.79. The number of pyridine rings is 1. The van der Waals surface area contributed by atoms with Crippen LogP contribution >= 0.6 is 0 Å². The molecule has 0 aliphatic heterocycles. The van der Waals surface area contributed by atoms with Gasteiger partial charge in [-0.2, -0.15) is 0 Å². The van der Waals surface area contributed by atoms with E-state index in [0.717, 1.165) is 22.6 Å². The molecule has 10 heteroatoms. The van der Waals surface area contributed by atoms with Crippen LogP contribution in [0.1, 0.15) is 11.3 Å². The van der Waals surface area contributed by atoms with Gasteiger partial charge in [0.2, 0.25) is 5.89 Å². The van der Waals surface area contributed by atoms with E-state index >= 15 is 0 Å². The van der Waals surface area contributed by atoms with E-state index in [9.17, 15) is 9.59 Å². The number of ether oxygens (including phenoxy) is 1. The van der Waals surface area contributed by atoms with Crippen LogP contribution in [0.5, 0.6) is 5.75 Å². The minimum absolute atomic E-state index is 0.218. The summed E-state index contributed by atoms with van der Waals surface area (Å²) in [5.41, 5.74) is 3.40. The molecule has 2 amide bonds. The SMILES string of the molecule is COc1ccc(-c2nc(CCNC(=O)Nc3cccc(Cn4nc5ccccn5c4=O)c3)co2)cc1. The molecule has 0 unspecified atom stereocenters. The van der Waals surface area contributed by atoms with Crippen molar-refractivity contribution in [1.29, 1.82) is 0 Å². The van der Waals surface area contributed by atoms with Crippen LogP contribution in [-0.2, 0) is 13.0 Å². The van der Waals surface area contributed by atoms with Gasteiger partial charge in [0.1, 0.15) is 12.0 Å². The highest BCUT2D eigenvalue weighted by Crippen LogP contribution is 2.21. The lowest BCUT2D eigenvalue weighted by molar-refractivity contribution is 0.252. The van der Waals surface area contributed by atoms with Crippen molar-refractivity contribution in [3.05, 3.63) is 101 Å². The number of rotatable bonds is 8. The molecule has 0 atom stereocenters. The maximum atomic E-state index is 12.5. The van der Waals surface area contributed by atoms with Crippen molar-refractivity contribution in [1.82, 2.24) is 24.5 Å². The predicted octanol–water partition coefficient (Wildman–Crippen LogP) is 3.57. The van der Waals surface area contributed by atoms with Gasteiger partial charge in [-0.05, 0) is 54.1 Å². The lowest BCUT2D eigenvalue weighted by Gasteiger charge is -2.08. The molecule has 182 valence electrons. The number of carbonyl (C=O) groups is 1. The molecule has 0 bridgehead atoms. The number of oxazole rings is 1. The molecule has 2 N–H and O–H groups in total. The van der Waals surface area contributed by atoms with Crippen molar-refractivity contribution < 1.29 is 13.9 Å². The Labute approximate surface area is 206 Å². The maximum Gasteiger partial charge on any atom is 0.350 e. The van der Waals surface area contributed by atoms with Crippen LogP contribution in [0.15, 0.2) is 88.4 Å².